The van der Waals surface area contributed by atoms with Gasteiger partial charge in [0.25, 0.3) is 0 Å². The van der Waals surface area contributed by atoms with Crippen LogP contribution in [-0.4, -0.2) is 17.2 Å². The van der Waals surface area contributed by atoms with Crippen molar-refractivity contribution in [1.82, 2.24) is 4.98 Å². The molecule has 3 aromatic rings. The van der Waals surface area contributed by atoms with Crippen LogP contribution in [0.1, 0.15) is 0 Å². The van der Waals surface area contributed by atoms with Crippen molar-refractivity contribution in [2.24, 2.45) is 0 Å². The van der Waals surface area contributed by atoms with Crippen molar-refractivity contribution in [1.29, 1.82) is 0 Å². The van der Waals surface area contributed by atoms with Gasteiger partial charge in [0.2, 0.25) is 0 Å². The van der Waals surface area contributed by atoms with Crippen LogP contribution in [0.25, 0.3) is 21.9 Å². The van der Waals surface area contributed by atoms with Crippen molar-refractivity contribution in [3.63, 3.8) is 0 Å². The smallest absolute Gasteiger partial charge is 0.165 e. The second-order valence-electron chi connectivity index (χ2n) is 4.26. The highest BCUT2D eigenvalue weighted by Gasteiger charge is 2.11. The number of fused-ring (bicyclic) bond motifs is 1. The lowest BCUT2D eigenvalue weighted by Crippen LogP contribution is -1.87. The number of rotatable bonds is 2. The standard InChI is InChI=1S/C16H13NO2/c1-19-15-7-3-6-14(16(15)18)13-5-2-4-11-10-17-9-8-12(11)13/h2-10,18H,1H3. The van der Waals surface area contributed by atoms with E-state index in [9.17, 15) is 5.11 Å². The Balaban J connectivity index is 2.31. The van der Waals surface area contributed by atoms with Crippen LogP contribution in [0, 0.1) is 0 Å². The summed E-state index contributed by atoms with van der Waals surface area (Å²) < 4.78 is 5.16. The van der Waals surface area contributed by atoms with E-state index in [0.717, 1.165) is 21.9 Å². The molecular formula is C16H13NO2. The molecule has 1 aromatic heterocycles. The fraction of sp³-hybridized carbons (Fsp3) is 0.0625. The molecule has 0 aliphatic heterocycles. The zero-order valence-corrected chi connectivity index (χ0v) is 10.5. The third-order valence-corrected chi connectivity index (χ3v) is 3.19. The summed E-state index contributed by atoms with van der Waals surface area (Å²) >= 11 is 0. The Kier molecular flexibility index (Phi) is 2.80. The molecule has 1 heterocycles. The van der Waals surface area contributed by atoms with Crippen LogP contribution in [0.2, 0.25) is 0 Å². The maximum Gasteiger partial charge on any atom is 0.165 e. The largest absolute Gasteiger partial charge is 0.504 e. The highest BCUT2D eigenvalue weighted by Crippen LogP contribution is 2.39. The summed E-state index contributed by atoms with van der Waals surface area (Å²) in [6.45, 7) is 0. The molecule has 0 unspecified atom stereocenters. The number of pyridine rings is 1. The molecule has 3 heteroatoms. The van der Waals surface area contributed by atoms with Crippen molar-refractivity contribution < 1.29 is 9.84 Å². The number of ether oxygens (including phenoxy) is 1. The number of aromatic hydroxyl groups is 1. The van der Waals surface area contributed by atoms with Gasteiger partial charge in [0.15, 0.2) is 11.5 Å². The topological polar surface area (TPSA) is 42.4 Å². The Morgan fingerprint density at radius 2 is 1.79 bits per heavy atom. The summed E-state index contributed by atoms with van der Waals surface area (Å²) in [6.07, 6.45) is 3.57. The lowest BCUT2D eigenvalue weighted by atomic mass is 9.98. The van der Waals surface area contributed by atoms with E-state index in [0.29, 0.717) is 5.75 Å². The van der Waals surface area contributed by atoms with Gasteiger partial charge in [-0.15, -0.1) is 0 Å². The van der Waals surface area contributed by atoms with Crippen LogP contribution in [0.3, 0.4) is 0 Å². The fourth-order valence-corrected chi connectivity index (χ4v) is 2.26. The van der Waals surface area contributed by atoms with Crippen molar-refractivity contribution in [3.8, 4) is 22.6 Å². The molecule has 0 aliphatic rings. The fourth-order valence-electron chi connectivity index (χ4n) is 2.26. The number of methoxy groups -OCH3 is 1. The number of benzene rings is 2. The lowest BCUT2D eigenvalue weighted by molar-refractivity contribution is 0.374. The number of para-hydroxylation sites is 1. The second-order valence-corrected chi connectivity index (χ2v) is 4.26. The van der Waals surface area contributed by atoms with Crippen molar-refractivity contribution in [3.05, 3.63) is 54.9 Å². The first kappa shape index (κ1) is 11.5. The summed E-state index contributed by atoms with van der Waals surface area (Å²) in [5.41, 5.74) is 1.73. The molecule has 0 aliphatic carbocycles. The van der Waals surface area contributed by atoms with E-state index in [-0.39, 0.29) is 5.75 Å². The van der Waals surface area contributed by atoms with E-state index in [1.165, 1.54) is 0 Å². The molecule has 0 saturated heterocycles. The van der Waals surface area contributed by atoms with Crippen LogP contribution in [0.15, 0.2) is 54.9 Å². The summed E-state index contributed by atoms with van der Waals surface area (Å²) in [6, 6.07) is 13.4. The van der Waals surface area contributed by atoms with Gasteiger partial charge in [0.05, 0.1) is 7.11 Å². The van der Waals surface area contributed by atoms with E-state index < -0.39 is 0 Å². The molecule has 94 valence electrons. The van der Waals surface area contributed by atoms with Crippen LogP contribution < -0.4 is 4.74 Å². The summed E-state index contributed by atoms with van der Waals surface area (Å²) in [5, 5.41) is 12.4. The summed E-state index contributed by atoms with van der Waals surface area (Å²) in [5.74, 6) is 0.637. The minimum absolute atomic E-state index is 0.161. The number of nitrogens with zero attached hydrogens (tertiary/aromatic N) is 1. The van der Waals surface area contributed by atoms with Gasteiger partial charge in [-0.1, -0.05) is 30.3 Å². The lowest BCUT2D eigenvalue weighted by Gasteiger charge is -2.11. The highest BCUT2D eigenvalue weighted by molar-refractivity contribution is 5.97. The SMILES string of the molecule is COc1cccc(-c2cccc3cnccc23)c1O. The number of phenols is 1. The van der Waals surface area contributed by atoms with Crippen LogP contribution in [0.4, 0.5) is 0 Å². The van der Waals surface area contributed by atoms with E-state index in [2.05, 4.69) is 4.98 Å². The van der Waals surface area contributed by atoms with Crippen molar-refractivity contribution >= 4 is 10.8 Å². The number of aromatic nitrogens is 1. The molecule has 1 N–H and O–H groups in total. The molecule has 0 bridgehead atoms. The predicted octanol–water partition coefficient (Wildman–Crippen LogP) is 3.62. The van der Waals surface area contributed by atoms with Gasteiger partial charge in [-0.05, 0) is 23.1 Å². The first-order valence-corrected chi connectivity index (χ1v) is 6.00. The Morgan fingerprint density at radius 3 is 2.63 bits per heavy atom. The van der Waals surface area contributed by atoms with Gasteiger partial charge in [-0.3, -0.25) is 4.98 Å². The zero-order valence-electron chi connectivity index (χ0n) is 10.5. The third kappa shape index (κ3) is 1.89. The molecule has 0 spiro atoms. The maximum atomic E-state index is 10.3. The van der Waals surface area contributed by atoms with Crippen LogP contribution >= 0.6 is 0 Å². The van der Waals surface area contributed by atoms with E-state index in [1.54, 1.807) is 19.4 Å². The van der Waals surface area contributed by atoms with Gasteiger partial charge >= 0.3 is 0 Å². The molecule has 0 saturated carbocycles. The van der Waals surface area contributed by atoms with E-state index in [1.807, 2.05) is 42.6 Å². The maximum absolute atomic E-state index is 10.3. The molecule has 3 nitrogen and oxygen atoms in total. The molecule has 3 rings (SSSR count). The van der Waals surface area contributed by atoms with E-state index in [4.69, 9.17) is 4.74 Å². The molecular weight excluding hydrogens is 238 g/mol. The third-order valence-electron chi connectivity index (χ3n) is 3.19. The van der Waals surface area contributed by atoms with Crippen LogP contribution in [-0.2, 0) is 0 Å². The zero-order chi connectivity index (χ0) is 13.2. The Labute approximate surface area is 111 Å². The average molecular weight is 251 g/mol. The Hall–Kier alpha value is -2.55. The molecule has 0 amide bonds. The number of hydrogen-bond acceptors (Lipinski definition) is 3. The van der Waals surface area contributed by atoms with Crippen molar-refractivity contribution in [2.75, 3.05) is 7.11 Å². The summed E-state index contributed by atoms with van der Waals surface area (Å²) in [7, 11) is 1.55. The van der Waals surface area contributed by atoms with Gasteiger partial charge < -0.3 is 9.84 Å². The van der Waals surface area contributed by atoms with Gasteiger partial charge in [0, 0.05) is 23.3 Å². The molecule has 0 atom stereocenters. The van der Waals surface area contributed by atoms with Crippen LogP contribution in [0.5, 0.6) is 11.5 Å². The first-order chi connectivity index (χ1) is 9.31. The Bertz CT molecular complexity index is 732. The van der Waals surface area contributed by atoms with Gasteiger partial charge in [0.1, 0.15) is 0 Å². The minimum atomic E-state index is 0.161. The summed E-state index contributed by atoms with van der Waals surface area (Å²) in [4.78, 5) is 4.12. The predicted molar refractivity (Wildman–Crippen MR) is 75.4 cm³/mol. The van der Waals surface area contributed by atoms with E-state index >= 15 is 0 Å². The quantitative estimate of drug-likeness (QED) is 0.756. The highest BCUT2D eigenvalue weighted by atomic mass is 16.5. The average Bonchev–Trinajstić information content (AvgIpc) is 2.47. The normalized spacial score (nSPS) is 10.6. The molecule has 0 radical (unpaired) electrons. The number of hydrogen-bond donors (Lipinski definition) is 1. The van der Waals surface area contributed by atoms with Crippen molar-refractivity contribution in [2.45, 2.75) is 0 Å². The molecule has 19 heavy (non-hydrogen) atoms. The number of phenolic OH excluding ortho intramolecular Hbond substituents is 1. The van der Waals surface area contributed by atoms with Gasteiger partial charge in [-0.2, -0.15) is 0 Å². The molecule has 2 aromatic carbocycles. The Morgan fingerprint density at radius 1 is 1.00 bits per heavy atom. The monoisotopic (exact) mass is 251 g/mol. The molecule has 0 fully saturated rings. The second kappa shape index (κ2) is 4.61. The minimum Gasteiger partial charge on any atom is -0.504 e. The van der Waals surface area contributed by atoms with Gasteiger partial charge in [-0.25, -0.2) is 0 Å². The first-order valence-electron chi connectivity index (χ1n) is 6.00.